The second-order valence-electron chi connectivity index (χ2n) is 8.56. The summed E-state index contributed by atoms with van der Waals surface area (Å²) in [7, 11) is 0. The predicted octanol–water partition coefficient (Wildman–Crippen LogP) is 4.80. The maximum Gasteiger partial charge on any atom is 0.242 e. The van der Waals surface area contributed by atoms with Crippen LogP contribution in [0.15, 0.2) is 54.6 Å². The van der Waals surface area contributed by atoms with E-state index >= 15 is 0 Å². The average Bonchev–Trinajstić information content (AvgIpc) is 2.79. The van der Waals surface area contributed by atoms with Gasteiger partial charge >= 0.3 is 0 Å². The molecule has 2 amide bonds. The van der Waals surface area contributed by atoms with Crippen LogP contribution in [0.4, 0.5) is 0 Å². The Morgan fingerprint density at radius 2 is 1.48 bits per heavy atom. The number of carbonyl (C=O) groups excluding carboxylic acids is 2. The Kier molecular flexibility index (Phi) is 10.3. The zero-order valence-corrected chi connectivity index (χ0v) is 19.6. The Hall–Kier alpha value is -2.62. The van der Waals surface area contributed by atoms with E-state index in [2.05, 4.69) is 62.5 Å². The van der Waals surface area contributed by atoms with Gasteiger partial charge in [-0.3, -0.25) is 9.59 Å². The Balaban J connectivity index is 2.09. The molecule has 0 saturated heterocycles. The summed E-state index contributed by atoms with van der Waals surface area (Å²) in [6.07, 6.45) is 3.46. The van der Waals surface area contributed by atoms with Crippen LogP contribution >= 0.6 is 0 Å². The molecular weight excluding hydrogens is 384 g/mol. The summed E-state index contributed by atoms with van der Waals surface area (Å²) in [5.41, 5.74) is 3.63. The normalized spacial score (nSPS) is 11.9. The molecule has 0 fully saturated rings. The van der Waals surface area contributed by atoms with Gasteiger partial charge in [-0.15, -0.1) is 0 Å². The molecule has 0 aliphatic heterocycles. The van der Waals surface area contributed by atoms with Crippen molar-refractivity contribution in [2.24, 2.45) is 5.92 Å². The average molecular weight is 423 g/mol. The summed E-state index contributed by atoms with van der Waals surface area (Å²) in [4.78, 5) is 27.9. The molecule has 0 aromatic heterocycles. The van der Waals surface area contributed by atoms with E-state index in [-0.39, 0.29) is 11.8 Å². The molecule has 0 radical (unpaired) electrons. The zero-order chi connectivity index (χ0) is 22.6. The van der Waals surface area contributed by atoms with E-state index in [1.807, 2.05) is 25.1 Å². The highest BCUT2D eigenvalue weighted by Crippen LogP contribution is 2.14. The Bertz CT molecular complexity index is 800. The summed E-state index contributed by atoms with van der Waals surface area (Å²) in [5, 5.41) is 3.02. The fraction of sp³-hybridized carbons (Fsp3) is 0.481. The van der Waals surface area contributed by atoms with Crippen molar-refractivity contribution < 1.29 is 9.59 Å². The Labute approximate surface area is 188 Å². The maximum atomic E-state index is 13.2. The summed E-state index contributed by atoms with van der Waals surface area (Å²) in [6, 6.07) is 18.2. The van der Waals surface area contributed by atoms with Crippen molar-refractivity contribution in [2.45, 2.75) is 65.8 Å². The lowest BCUT2D eigenvalue weighted by Crippen LogP contribution is -2.50. The predicted molar refractivity (Wildman–Crippen MR) is 128 cm³/mol. The smallest absolute Gasteiger partial charge is 0.242 e. The van der Waals surface area contributed by atoms with E-state index in [0.717, 1.165) is 18.4 Å². The minimum atomic E-state index is -0.433. The second-order valence-corrected chi connectivity index (χ2v) is 8.56. The van der Waals surface area contributed by atoms with Gasteiger partial charge in [0.05, 0.1) is 0 Å². The molecule has 31 heavy (non-hydrogen) atoms. The van der Waals surface area contributed by atoms with E-state index in [0.29, 0.717) is 38.3 Å². The number of hydrogen-bond acceptors (Lipinski definition) is 2. The third-order valence-corrected chi connectivity index (χ3v) is 5.61. The lowest BCUT2D eigenvalue weighted by atomic mass is 10.0. The molecular formula is C27H38N2O2. The summed E-state index contributed by atoms with van der Waals surface area (Å²) >= 11 is 0. The second kappa shape index (κ2) is 12.9. The van der Waals surface area contributed by atoms with Gasteiger partial charge in [0.1, 0.15) is 6.04 Å². The van der Waals surface area contributed by atoms with Gasteiger partial charge in [-0.05, 0) is 48.3 Å². The molecule has 2 aromatic rings. The van der Waals surface area contributed by atoms with Crippen molar-refractivity contribution in [3.05, 3.63) is 71.3 Å². The summed E-state index contributed by atoms with van der Waals surface area (Å²) in [6.45, 7) is 9.43. The molecule has 0 heterocycles. The maximum absolute atomic E-state index is 13.2. The van der Waals surface area contributed by atoms with Gasteiger partial charge in [0.15, 0.2) is 0 Å². The number of nitrogens with zero attached hydrogens (tertiary/aromatic N) is 1. The van der Waals surface area contributed by atoms with E-state index in [1.54, 1.807) is 4.90 Å². The van der Waals surface area contributed by atoms with Crippen LogP contribution in [0.2, 0.25) is 0 Å². The van der Waals surface area contributed by atoms with Crippen molar-refractivity contribution in [3.63, 3.8) is 0 Å². The van der Waals surface area contributed by atoms with Gasteiger partial charge in [-0.2, -0.15) is 0 Å². The lowest BCUT2D eigenvalue weighted by molar-refractivity contribution is -0.140. The van der Waals surface area contributed by atoms with Crippen LogP contribution in [-0.2, 0) is 28.9 Å². The molecule has 1 atom stereocenters. The minimum absolute atomic E-state index is 0.0436. The van der Waals surface area contributed by atoms with Gasteiger partial charge in [0.25, 0.3) is 0 Å². The monoisotopic (exact) mass is 422 g/mol. The highest BCUT2D eigenvalue weighted by Gasteiger charge is 2.28. The molecule has 0 saturated carbocycles. The largest absolute Gasteiger partial charge is 0.354 e. The number of rotatable bonds is 12. The number of benzene rings is 2. The highest BCUT2D eigenvalue weighted by molar-refractivity contribution is 5.87. The molecule has 0 aliphatic carbocycles. The van der Waals surface area contributed by atoms with Crippen LogP contribution < -0.4 is 5.32 Å². The quantitative estimate of drug-likeness (QED) is 0.534. The van der Waals surface area contributed by atoms with Crippen LogP contribution in [0.25, 0.3) is 0 Å². The van der Waals surface area contributed by atoms with Gasteiger partial charge in [-0.25, -0.2) is 0 Å². The standard InChI is InChI=1S/C27H38N2O2/c1-5-22-12-14-24(15-13-22)16-17-26(30)29(19-18-23-10-8-7-9-11-23)25(6-2)27(31)28-20-21(3)4/h7-15,21,25H,5-6,16-20H2,1-4H3,(H,28,31)/t25-/m1/s1. The van der Waals surface area contributed by atoms with Crippen molar-refractivity contribution in [1.82, 2.24) is 10.2 Å². The van der Waals surface area contributed by atoms with Gasteiger partial charge in [0, 0.05) is 19.5 Å². The number of aryl methyl sites for hydroxylation is 2. The van der Waals surface area contributed by atoms with Crippen LogP contribution in [0, 0.1) is 5.92 Å². The lowest BCUT2D eigenvalue weighted by Gasteiger charge is -2.31. The minimum Gasteiger partial charge on any atom is -0.354 e. The summed E-state index contributed by atoms with van der Waals surface area (Å²) < 4.78 is 0. The molecule has 0 bridgehead atoms. The molecule has 0 aliphatic rings. The number of carbonyl (C=O) groups is 2. The fourth-order valence-corrected chi connectivity index (χ4v) is 3.65. The van der Waals surface area contributed by atoms with Gasteiger partial charge in [-0.1, -0.05) is 82.3 Å². The van der Waals surface area contributed by atoms with Crippen molar-refractivity contribution >= 4 is 11.8 Å². The first-order valence-electron chi connectivity index (χ1n) is 11.6. The molecule has 4 nitrogen and oxygen atoms in total. The van der Waals surface area contributed by atoms with E-state index in [4.69, 9.17) is 0 Å². The van der Waals surface area contributed by atoms with Gasteiger partial charge < -0.3 is 10.2 Å². The topological polar surface area (TPSA) is 49.4 Å². The molecule has 1 N–H and O–H groups in total. The molecule has 0 unspecified atom stereocenters. The molecule has 168 valence electrons. The van der Waals surface area contributed by atoms with E-state index in [1.165, 1.54) is 11.1 Å². The van der Waals surface area contributed by atoms with Crippen molar-refractivity contribution in [2.75, 3.05) is 13.1 Å². The third-order valence-electron chi connectivity index (χ3n) is 5.61. The third kappa shape index (κ3) is 8.20. The Morgan fingerprint density at radius 3 is 2.06 bits per heavy atom. The van der Waals surface area contributed by atoms with Crippen LogP contribution in [0.5, 0.6) is 0 Å². The van der Waals surface area contributed by atoms with E-state index in [9.17, 15) is 9.59 Å². The summed E-state index contributed by atoms with van der Waals surface area (Å²) in [5.74, 6) is 0.368. The Morgan fingerprint density at radius 1 is 0.871 bits per heavy atom. The first kappa shape index (κ1) is 24.6. The molecule has 4 heteroatoms. The van der Waals surface area contributed by atoms with Crippen LogP contribution in [0.1, 0.15) is 57.2 Å². The van der Waals surface area contributed by atoms with E-state index < -0.39 is 6.04 Å². The molecule has 0 spiro atoms. The first-order chi connectivity index (χ1) is 14.9. The van der Waals surface area contributed by atoms with Crippen molar-refractivity contribution in [1.29, 1.82) is 0 Å². The molecule has 2 rings (SSSR count). The van der Waals surface area contributed by atoms with Gasteiger partial charge in [0.2, 0.25) is 11.8 Å². The number of hydrogen-bond donors (Lipinski definition) is 1. The number of amides is 2. The zero-order valence-electron chi connectivity index (χ0n) is 19.6. The highest BCUT2D eigenvalue weighted by atomic mass is 16.2. The van der Waals surface area contributed by atoms with Crippen LogP contribution in [0.3, 0.4) is 0 Å². The SMILES string of the molecule is CCc1ccc(CCC(=O)N(CCc2ccccc2)[C@H](CC)C(=O)NCC(C)C)cc1. The molecule has 2 aromatic carbocycles. The number of nitrogens with one attached hydrogen (secondary N) is 1. The first-order valence-corrected chi connectivity index (χ1v) is 11.6. The van der Waals surface area contributed by atoms with Crippen molar-refractivity contribution in [3.8, 4) is 0 Å². The fourth-order valence-electron chi connectivity index (χ4n) is 3.65. The van der Waals surface area contributed by atoms with Crippen LogP contribution in [-0.4, -0.2) is 35.8 Å².